The average Bonchev–Trinajstić information content (AvgIpc) is 2.43. The molecule has 1 unspecified atom stereocenters. The molecule has 0 bridgehead atoms. The summed E-state index contributed by atoms with van der Waals surface area (Å²) in [6.45, 7) is 0.800. The highest BCUT2D eigenvalue weighted by molar-refractivity contribution is 5.29. The Morgan fingerprint density at radius 3 is 2.79 bits per heavy atom. The summed E-state index contributed by atoms with van der Waals surface area (Å²) in [6, 6.07) is 7.14. The van der Waals surface area contributed by atoms with Crippen LogP contribution in [-0.4, -0.2) is 13.1 Å². The summed E-state index contributed by atoms with van der Waals surface area (Å²) in [5.74, 6) is 0. The highest BCUT2D eigenvalue weighted by atomic mass is 19.3. The monoisotopic (exact) mass is 265 g/mol. The number of benzene rings is 1. The third-order valence-corrected chi connectivity index (χ3v) is 2.47. The quantitative estimate of drug-likeness (QED) is 0.354. The van der Waals surface area contributed by atoms with Crippen LogP contribution >= 0.6 is 0 Å². The summed E-state index contributed by atoms with van der Waals surface area (Å²) < 4.78 is 25.1. The lowest BCUT2D eigenvalue weighted by atomic mass is 10.0. The van der Waals surface area contributed by atoms with Gasteiger partial charge in [-0.1, -0.05) is 23.3 Å². The summed E-state index contributed by atoms with van der Waals surface area (Å²) in [5, 5.41) is 15.3. The Balaban J connectivity index is 2.62. The van der Waals surface area contributed by atoms with E-state index in [1.54, 1.807) is 6.07 Å². The van der Waals surface area contributed by atoms with Crippen molar-refractivity contribution in [2.24, 2.45) is 5.11 Å². The molecule has 0 fully saturated rings. The molecular formula is C12H13F2N5. The van der Waals surface area contributed by atoms with Crippen LogP contribution < -0.4 is 5.32 Å². The zero-order valence-electron chi connectivity index (χ0n) is 10.1. The number of hydrogen-bond acceptors (Lipinski definition) is 3. The molecule has 19 heavy (non-hydrogen) atoms. The second kappa shape index (κ2) is 8.03. The van der Waals surface area contributed by atoms with Gasteiger partial charge in [0.1, 0.15) is 6.04 Å². The minimum atomic E-state index is -2.55. The van der Waals surface area contributed by atoms with Gasteiger partial charge in [-0.05, 0) is 30.1 Å². The number of nitrogens with one attached hydrogen (secondary N) is 1. The molecule has 1 aromatic rings. The number of rotatable bonds is 7. The SMILES string of the molecule is N#CC(NCCCN=[N+]=[N-])c1cccc(C(F)F)c1. The zero-order valence-corrected chi connectivity index (χ0v) is 10.1. The van der Waals surface area contributed by atoms with Gasteiger partial charge >= 0.3 is 0 Å². The summed E-state index contributed by atoms with van der Waals surface area (Å²) in [4.78, 5) is 2.61. The van der Waals surface area contributed by atoms with E-state index < -0.39 is 12.5 Å². The minimum Gasteiger partial charge on any atom is -0.298 e. The molecule has 0 saturated heterocycles. The number of nitrogens with zero attached hydrogens (tertiary/aromatic N) is 4. The van der Waals surface area contributed by atoms with E-state index in [2.05, 4.69) is 15.3 Å². The van der Waals surface area contributed by atoms with Crippen molar-refractivity contribution in [3.63, 3.8) is 0 Å². The maximum atomic E-state index is 12.6. The lowest BCUT2D eigenvalue weighted by molar-refractivity contribution is 0.151. The van der Waals surface area contributed by atoms with Crippen molar-refractivity contribution in [3.05, 3.63) is 45.8 Å². The summed E-state index contributed by atoms with van der Waals surface area (Å²) in [6.07, 6.45) is -1.97. The van der Waals surface area contributed by atoms with Crippen LogP contribution in [0.5, 0.6) is 0 Å². The van der Waals surface area contributed by atoms with Gasteiger partial charge in [0.2, 0.25) is 0 Å². The van der Waals surface area contributed by atoms with Crippen molar-refractivity contribution in [2.45, 2.75) is 18.9 Å². The van der Waals surface area contributed by atoms with Gasteiger partial charge in [-0.15, -0.1) is 0 Å². The Kier molecular flexibility index (Phi) is 6.30. The highest BCUT2D eigenvalue weighted by Gasteiger charge is 2.13. The van der Waals surface area contributed by atoms with Crippen LogP contribution in [0.25, 0.3) is 10.4 Å². The van der Waals surface area contributed by atoms with Gasteiger partial charge in [0.25, 0.3) is 6.43 Å². The van der Waals surface area contributed by atoms with Crippen LogP contribution in [0.15, 0.2) is 29.4 Å². The van der Waals surface area contributed by atoms with Gasteiger partial charge in [-0.3, -0.25) is 5.32 Å². The van der Waals surface area contributed by atoms with E-state index in [9.17, 15) is 8.78 Å². The van der Waals surface area contributed by atoms with Crippen molar-refractivity contribution in [1.29, 1.82) is 5.26 Å². The molecule has 7 heteroatoms. The first-order chi connectivity index (χ1) is 9.19. The van der Waals surface area contributed by atoms with E-state index in [1.165, 1.54) is 18.2 Å². The predicted octanol–water partition coefficient (Wildman–Crippen LogP) is 3.48. The van der Waals surface area contributed by atoms with Crippen molar-refractivity contribution in [1.82, 2.24) is 5.32 Å². The summed E-state index contributed by atoms with van der Waals surface area (Å²) in [5.41, 5.74) is 8.50. The van der Waals surface area contributed by atoms with E-state index >= 15 is 0 Å². The molecule has 0 saturated carbocycles. The largest absolute Gasteiger partial charge is 0.298 e. The molecule has 1 N–H and O–H groups in total. The van der Waals surface area contributed by atoms with Crippen LogP contribution in [0, 0.1) is 11.3 Å². The van der Waals surface area contributed by atoms with Crippen LogP contribution in [0.4, 0.5) is 8.78 Å². The third kappa shape index (κ3) is 4.92. The Bertz CT molecular complexity index is 491. The molecule has 0 heterocycles. The summed E-state index contributed by atoms with van der Waals surface area (Å²) in [7, 11) is 0. The van der Waals surface area contributed by atoms with Crippen molar-refractivity contribution >= 4 is 0 Å². The molecule has 5 nitrogen and oxygen atoms in total. The molecule has 0 spiro atoms. The van der Waals surface area contributed by atoms with Crippen LogP contribution in [0.2, 0.25) is 0 Å². The Morgan fingerprint density at radius 2 is 2.16 bits per heavy atom. The Morgan fingerprint density at radius 1 is 1.42 bits per heavy atom. The molecule has 1 atom stereocenters. The second-order valence-electron chi connectivity index (χ2n) is 3.80. The molecule has 0 aliphatic heterocycles. The van der Waals surface area contributed by atoms with Gasteiger partial charge in [-0.25, -0.2) is 8.78 Å². The van der Waals surface area contributed by atoms with E-state index in [0.29, 0.717) is 25.1 Å². The third-order valence-electron chi connectivity index (χ3n) is 2.47. The molecule has 0 aliphatic rings. The smallest absolute Gasteiger partial charge is 0.263 e. The van der Waals surface area contributed by atoms with E-state index in [4.69, 9.17) is 10.8 Å². The molecule has 0 amide bonds. The van der Waals surface area contributed by atoms with Crippen molar-refractivity contribution in [3.8, 4) is 6.07 Å². The van der Waals surface area contributed by atoms with Gasteiger partial charge in [-0.2, -0.15) is 5.26 Å². The standard InChI is InChI=1S/C12H13F2N5/c13-12(14)10-4-1-3-9(7-10)11(8-15)17-5-2-6-18-19-16/h1,3-4,7,11-12,17H,2,5-6H2. The first-order valence-electron chi connectivity index (χ1n) is 5.71. The number of azide groups is 1. The van der Waals surface area contributed by atoms with Gasteiger partial charge in [0.15, 0.2) is 0 Å². The van der Waals surface area contributed by atoms with Crippen LogP contribution in [0.1, 0.15) is 30.0 Å². The van der Waals surface area contributed by atoms with Crippen molar-refractivity contribution < 1.29 is 8.78 Å². The minimum absolute atomic E-state index is 0.103. The normalized spacial score (nSPS) is 11.7. The molecule has 100 valence electrons. The van der Waals surface area contributed by atoms with Gasteiger partial charge in [0, 0.05) is 17.0 Å². The summed E-state index contributed by atoms with van der Waals surface area (Å²) >= 11 is 0. The molecule has 0 radical (unpaired) electrons. The molecule has 0 aromatic heterocycles. The maximum absolute atomic E-state index is 12.6. The fraction of sp³-hybridized carbons (Fsp3) is 0.417. The van der Waals surface area contributed by atoms with Gasteiger partial charge in [0.05, 0.1) is 6.07 Å². The van der Waals surface area contributed by atoms with Crippen LogP contribution in [0.3, 0.4) is 0 Å². The number of halogens is 2. The molecule has 0 aliphatic carbocycles. The first-order valence-corrected chi connectivity index (χ1v) is 5.71. The number of hydrogen-bond donors (Lipinski definition) is 1. The lowest BCUT2D eigenvalue weighted by Gasteiger charge is -2.12. The zero-order chi connectivity index (χ0) is 14.1. The highest BCUT2D eigenvalue weighted by Crippen LogP contribution is 2.22. The molecular weight excluding hydrogens is 252 g/mol. The lowest BCUT2D eigenvalue weighted by Crippen LogP contribution is -2.21. The molecule has 1 aromatic carbocycles. The average molecular weight is 265 g/mol. The fourth-order valence-corrected chi connectivity index (χ4v) is 1.55. The van der Waals surface area contributed by atoms with E-state index in [-0.39, 0.29) is 5.56 Å². The van der Waals surface area contributed by atoms with E-state index in [0.717, 1.165) is 0 Å². The van der Waals surface area contributed by atoms with Crippen molar-refractivity contribution in [2.75, 3.05) is 13.1 Å². The Labute approximate surface area is 109 Å². The number of alkyl halides is 2. The van der Waals surface area contributed by atoms with E-state index in [1.807, 2.05) is 6.07 Å². The first kappa shape index (κ1) is 14.9. The fourth-order valence-electron chi connectivity index (χ4n) is 1.55. The predicted molar refractivity (Wildman–Crippen MR) is 66.4 cm³/mol. The van der Waals surface area contributed by atoms with Gasteiger partial charge < -0.3 is 0 Å². The maximum Gasteiger partial charge on any atom is 0.263 e. The molecule has 1 rings (SSSR count). The second-order valence-corrected chi connectivity index (χ2v) is 3.80. The Hall–Kier alpha value is -2.16. The van der Waals surface area contributed by atoms with Crippen LogP contribution in [-0.2, 0) is 0 Å². The number of nitriles is 1. The topological polar surface area (TPSA) is 84.6 Å².